The van der Waals surface area contributed by atoms with Crippen LogP contribution in [-0.4, -0.2) is 36.2 Å². The van der Waals surface area contributed by atoms with Crippen molar-refractivity contribution in [3.8, 4) is 0 Å². The van der Waals surface area contributed by atoms with Crippen LogP contribution in [0.1, 0.15) is 39.5 Å². The first-order valence-electron chi connectivity index (χ1n) is 5.97. The number of ether oxygens (including phenoxy) is 1. The summed E-state index contributed by atoms with van der Waals surface area (Å²) in [4.78, 5) is 22.9. The summed E-state index contributed by atoms with van der Waals surface area (Å²) in [5, 5.41) is 11.9. The van der Waals surface area contributed by atoms with Crippen molar-refractivity contribution in [2.24, 2.45) is 5.41 Å². The van der Waals surface area contributed by atoms with E-state index in [-0.39, 0.29) is 24.5 Å². The second-order valence-electron chi connectivity index (χ2n) is 4.91. The van der Waals surface area contributed by atoms with Gasteiger partial charge >= 0.3 is 5.97 Å². The third kappa shape index (κ3) is 3.19. The smallest absolute Gasteiger partial charge is 0.310 e. The van der Waals surface area contributed by atoms with E-state index in [1.54, 1.807) is 7.11 Å². The van der Waals surface area contributed by atoms with Gasteiger partial charge in [-0.15, -0.1) is 0 Å². The summed E-state index contributed by atoms with van der Waals surface area (Å²) in [5.74, 6) is -1.06. The van der Waals surface area contributed by atoms with Crippen LogP contribution in [-0.2, 0) is 14.3 Å². The van der Waals surface area contributed by atoms with E-state index >= 15 is 0 Å². The molecule has 0 aromatic rings. The molecule has 5 heteroatoms. The van der Waals surface area contributed by atoms with Gasteiger partial charge in [-0.2, -0.15) is 0 Å². The number of methoxy groups -OCH3 is 1. The topological polar surface area (TPSA) is 75.6 Å². The summed E-state index contributed by atoms with van der Waals surface area (Å²) in [6.45, 7) is 3.71. The summed E-state index contributed by atoms with van der Waals surface area (Å²) in [6.07, 6.45) is 2.09. The maximum atomic E-state index is 11.8. The molecule has 2 N–H and O–H groups in total. The largest absolute Gasteiger partial charge is 0.481 e. The Labute approximate surface area is 102 Å². The molecule has 0 heterocycles. The number of amides is 1. The SMILES string of the molecule is COC(C)[C@H](C)NC(=O)CC1(C(=O)O)CCC1. The van der Waals surface area contributed by atoms with Gasteiger partial charge in [-0.25, -0.2) is 0 Å². The highest BCUT2D eigenvalue weighted by Gasteiger charge is 2.46. The van der Waals surface area contributed by atoms with Gasteiger partial charge in [0.15, 0.2) is 0 Å². The Hall–Kier alpha value is -1.10. The van der Waals surface area contributed by atoms with E-state index in [9.17, 15) is 9.59 Å². The maximum Gasteiger partial charge on any atom is 0.310 e. The lowest BCUT2D eigenvalue weighted by Gasteiger charge is -2.37. The van der Waals surface area contributed by atoms with Crippen LogP contribution in [0.2, 0.25) is 0 Å². The third-order valence-corrected chi connectivity index (χ3v) is 3.73. The zero-order valence-corrected chi connectivity index (χ0v) is 10.7. The third-order valence-electron chi connectivity index (χ3n) is 3.73. The Morgan fingerprint density at radius 3 is 2.35 bits per heavy atom. The Balaban J connectivity index is 2.46. The van der Waals surface area contributed by atoms with Gasteiger partial charge in [-0.1, -0.05) is 6.42 Å². The van der Waals surface area contributed by atoms with Gasteiger partial charge in [0, 0.05) is 13.5 Å². The summed E-state index contributed by atoms with van der Waals surface area (Å²) in [5.41, 5.74) is -0.819. The number of carboxylic acid groups (broad SMARTS) is 1. The monoisotopic (exact) mass is 243 g/mol. The standard InChI is InChI=1S/C12H21NO4/c1-8(9(2)17-3)13-10(14)7-12(11(15)16)5-4-6-12/h8-9H,4-7H2,1-3H3,(H,13,14)(H,15,16)/t8-,9?/m0/s1. The van der Waals surface area contributed by atoms with E-state index in [1.807, 2.05) is 13.8 Å². The number of hydrogen-bond acceptors (Lipinski definition) is 3. The molecule has 0 radical (unpaired) electrons. The lowest BCUT2D eigenvalue weighted by Crippen LogP contribution is -2.46. The fourth-order valence-corrected chi connectivity index (χ4v) is 2.00. The number of rotatable bonds is 6. The summed E-state index contributed by atoms with van der Waals surface area (Å²) in [6, 6.07) is -0.113. The Morgan fingerprint density at radius 2 is 2.00 bits per heavy atom. The van der Waals surface area contributed by atoms with Gasteiger partial charge in [0.2, 0.25) is 5.91 Å². The number of carbonyl (C=O) groups excluding carboxylic acids is 1. The highest BCUT2D eigenvalue weighted by molar-refractivity contribution is 5.85. The second kappa shape index (κ2) is 5.49. The molecule has 1 aliphatic carbocycles. The molecule has 5 nitrogen and oxygen atoms in total. The van der Waals surface area contributed by atoms with Crippen LogP contribution in [0.4, 0.5) is 0 Å². The van der Waals surface area contributed by atoms with Gasteiger partial charge < -0.3 is 15.2 Å². The fourth-order valence-electron chi connectivity index (χ4n) is 2.00. The molecule has 1 saturated carbocycles. The fraction of sp³-hybridized carbons (Fsp3) is 0.833. The first-order valence-corrected chi connectivity index (χ1v) is 5.97. The van der Waals surface area contributed by atoms with Gasteiger partial charge in [-0.05, 0) is 26.7 Å². The van der Waals surface area contributed by atoms with Crippen molar-refractivity contribution in [1.82, 2.24) is 5.32 Å². The Bertz CT molecular complexity index is 299. The van der Waals surface area contributed by atoms with Crippen molar-refractivity contribution in [3.05, 3.63) is 0 Å². The molecular weight excluding hydrogens is 222 g/mol. The van der Waals surface area contributed by atoms with E-state index in [2.05, 4.69) is 5.32 Å². The van der Waals surface area contributed by atoms with E-state index < -0.39 is 11.4 Å². The molecule has 0 bridgehead atoms. The maximum absolute atomic E-state index is 11.8. The van der Waals surface area contributed by atoms with Crippen LogP contribution in [0.5, 0.6) is 0 Å². The summed E-state index contributed by atoms with van der Waals surface area (Å²) in [7, 11) is 1.58. The first kappa shape index (κ1) is 14.0. The summed E-state index contributed by atoms with van der Waals surface area (Å²) < 4.78 is 5.10. The minimum Gasteiger partial charge on any atom is -0.481 e. The predicted molar refractivity (Wildman–Crippen MR) is 62.6 cm³/mol. The number of carboxylic acids is 1. The molecule has 1 aliphatic rings. The van der Waals surface area contributed by atoms with Gasteiger partial charge in [0.05, 0.1) is 17.6 Å². The minimum atomic E-state index is -0.855. The van der Waals surface area contributed by atoms with Crippen molar-refractivity contribution >= 4 is 11.9 Å². The molecule has 17 heavy (non-hydrogen) atoms. The average molecular weight is 243 g/mol. The molecule has 1 rings (SSSR count). The van der Waals surface area contributed by atoms with Crippen molar-refractivity contribution in [1.29, 1.82) is 0 Å². The van der Waals surface area contributed by atoms with Crippen LogP contribution >= 0.6 is 0 Å². The molecule has 2 atom stereocenters. The number of hydrogen-bond donors (Lipinski definition) is 2. The number of aliphatic carboxylic acids is 1. The molecule has 98 valence electrons. The van der Waals surface area contributed by atoms with Gasteiger partial charge in [0.25, 0.3) is 0 Å². The highest BCUT2D eigenvalue weighted by Crippen LogP contribution is 2.44. The van der Waals surface area contributed by atoms with Crippen LogP contribution in [0.3, 0.4) is 0 Å². The number of carbonyl (C=O) groups is 2. The molecule has 1 amide bonds. The molecule has 0 aromatic heterocycles. The quantitative estimate of drug-likeness (QED) is 0.734. The van der Waals surface area contributed by atoms with Crippen molar-refractivity contribution in [2.75, 3.05) is 7.11 Å². The van der Waals surface area contributed by atoms with Crippen LogP contribution < -0.4 is 5.32 Å². The second-order valence-corrected chi connectivity index (χ2v) is 4.91. The van der Waals surface area contributed by atoms with E-state index in [0.29, 0.717) is 12.8 Å². The van der Waals surface area contributed by atoms with Crippen LogP contribution in [0.15, 0.2) is 0 Å². The molecule has 1 fully saturated rings. The van der Waals surface area contributed by atoms with E-state index in [1.165, 1.54) is 0 Å². The number of nitrogens with one attached hydrogen (secondary N) is 1. The van der Waals surface area contributed by atoms with Crippen molar-refractivity contribution in [3.63, 3.8) is 0 Å². The van der Waals surface area contributed by atoms with Gasteiger partial charge in [0.1, 0.15) is 0 Å². The zero-order valence-electron chi connectivity index (χ0n) is 10.7. The predicted octanol–water partition coefficient (Wildman–Crippen LogP) is 1.17. The normalized spacial score (nSPS) is 21.1. The zero-order chi connectivity index (χ0) is 13.1. The van der Waals surface area contributed by atoms with E-state index in [0.717, 1.165) is 6.42 Å². The Morgan fingerprint density at radius 1 is 1.41 bits per heavy atom. The van der Waals surface area contributed by atoms with Crippen LogP contribution in [0.25, 0.3) is 0 Å². The lowest BCUT2D eigenvalue weighted by molar-refractivity contribution is -0.157. The molecule has 0 spiro atoms. The average Bonchev–Trinajstić information content (AvgIpc) is 2.21. The Kier molecular flexibility index (Phi) is 4.51. The lowest BCUT2D eigenvalue weighted by atomic mass is 9.66. The highest BCUT2D eigenvalue weighted by atomic mass is 16.5. The van der Waals surface area contributed by atoms with E-state index in [4.69, 9.17) is 9.84 Å². The molecule has 0 aromatic carbocycles. The first-order chi connectivity index (χ1) is 7.91. The molecule has 0 aliphatic heterocycles. The molecular formula is C12H21NO4. The van der Waals surface area contributed by atoms with Crippen molar-refractivity contribution in [2.45, 2.75) is 51.7 Å². The minimum absolute atomic E-state index is 0.0725. The summed E-state index contributed by atoms with van der Waals surface area (Å²) >= 11 is 0. The molecule has 1 unspecified atom stereocenters. The van der Waals surface area contributed by atoms with Crippen LogP contribution in [0, 0.1) is 5.41 Å². The van der Waals surface area contributed by atoms with Gasteiger partial charge in [-0.3, -0.25) is 9.59 Å². The van der Waals surface area contributed by atoms with Crippen molar-refractivity contribution < 1.29 is 19.4 Å². The molecule has 0 saturated heterocycles.